The van der Waals surface area contributed by atoms with Crippen LogP contribution in [-0.2, 0) is 26.2 Å². The number of carbonyl (C=O) groups is 2. The monoisotopic (exact) mass is 558 g/mol. The van der Waals surface area contributed by atoms with Crippen molar-refractivity contribution in [3.05, 3.63) is 57.8 Å². The maximum absolute atomic E-state index is 13.1. The first-order valence-corrected chi connectivity index (χ1v) is 13.9. The number of halogens is 2. The first-order chi connectivity index (χ1) is 17.1. The van der Waals surface area contributed by atoms with E-state index in [-0.39, 0.29) is 22.0 Å². The number of nitrogens with one attached hydrogen (secondary N) is 2. The molecule has 2 aromatic rings. The second-order valence-corrected chi connectivity index (χ2v) is 10.7. The van der Waals surface area contributed by atoms with E-state index in [2.05, 4.69) is 15.0 Å². The third-order valence-electron chi connectivity index (χ3n) is 5.37. The molecule has 2 rings (SSSR count). The number of hydrogen-bond donors (Lipinski definition) is 2. The van der Waals surface area contributed by atoms with Crippen LogP contribution in [0.25, 0.3) is 0 Å². The van der Waals surface area contributed by atoms with Crippen LogP contribution in [0.2, 0.25) is 10.0 Å². The molecule has 9 nitrogen and oxygen atoms in total. The van der Waals surface area contributed by atoms with Crippen molar-refractivity contribution in [1.82, 2.24) is 14.0 Å². The minimum atomic E-state index is -3.91. The Hall–Kier alpha value is -2.24. The van der Waals surface area contributed by atoms with Crippen LogP contribution < -0.4 is 10.0 Å². The summed E-state index contributed by atoms with van der Waals surface area (Å²) in [5.41, 5.74) is 1.24. The third-order valence-corrected chi connectivity index (χ3v) is 7.57. The van der Waals surface area contributed by atoms with Gasteiger partial charge in [0.05, 0.1) is 22.7 Å². The second-order valence-electron chi connectivity index (χ2n) is 8.14. The number of carbonyl (C=O) groups excluding carboxylic acids is 2. The molecule has 12 heteroatoms. The largest absolute Gasteiger partial charge is 0.468 e. The summed E-state index contributed by atoms with van der Waals surface area (Å²) in [6.45, 7) is 4.72. The zero-order valence-corrected chi connectivity index (χ0v) is 22.9. The number of methoxy groups -OCH3 is 1. The molecule has 0 aliphatic heterocycles. The van der Waals surface area contributed by atoms with E-state index in [0.29, 0.717) is 24.3 Å². The van der Waals surface area contributed by atoms with Gasteiger partial charge in [0.1, 0.15) is 6.04 Å². The van der Waals surface area contributed by atoms with Crippen molar-refractivity contribution in [3.63, 3.8) is 0 Å². The van der Waals surface area contributed by atoms with Crippen LogP contribution in [-0.4, -0.2) is 55.8 Å². The lowest BCUT2D eigenvalue weighted by molar-refractivity contribution is -0.142. The summed E-state index contributed by atoms with van der Waals surface area (Å²) in [4.78, 5) is 28.8. The molecule has 0 radical (unpaired) electrons. The molecule has 1 atom stereocenters. The fourth-order valence-electron chi connectivity index (χ4n) is 3.37. The summed E-state index contributed by atoms with van der Waals surface area (Å²) in [7, 11) is -2.70. The number of aromatic nitrogens is 1. The van der Waals surface area contributed by atoms with E-state index in [1.807, 2.05) is 13.8 Å². The van der Waals surface area contributed by atoms with Crippen molar-refractivity contribution in [1.29, 1.82) is 0 Å². The van der Waals surface area contributed by atoms with Crippen molar-refractivity contribution in [2.24, 2.45) is 0 Å². The van der Waals surface area contributed by atoms with E-state index >= 15 is 0 Å². The SMILES string of the molecule is CCCCN(CCCC)S(=O)(=O)NC(Cc1ccc(NC(=O)c2c(Cl)cncc2Cl)cc1)C(=O)OC. The van der Waals surface area contributed by atoms with Gasteiger partial charge in [-0.15, -0.1) is 0 Å². The molecule has 0 bridgehead atoms. The van der Waals surface area contributed by atoms with Crippen LogP contribution in [0.1, 0.15) is 55.5 Å². The van der Waals surface area contributed by atoms with Crippen LogP contribution >= 0.6 is 23.2 Å². The standard InChI is InChI=1S/C24H32Cl2N4O5S/c1-4-6-12-30(13-7-5-2)36(33,34)29-21(24(32)35-3)14-17-8-10-18(11-9-17)28-23(31)22-19(25)15-27-16-20(22)26/h8-11,15-16,21,29H,4-7,12-14H2,1-3H3,(H,28,31). The molecule has 0 aliphatic carbocycles. The molecule has 2 N–H and O–H groups in total. The molecule has 36 heavy (non-hydrogen) atoms. The Kier molecular flexibility index (Phi) is 12.1. The number of anilines is 1. The predicted octanol–water partition coefficient (Wildman–Crippen LogP) is 4.46. The molecule has 0 spiro atoms. The first kappa shape index (κ1) is 30.0. The van der Waals surface area contributed by atoms with E-state index in [0.717, 1.165) is 25.7 Å². The predicted molar refractivity (Wildman–Crippen MR) is 142 cm³/mol. The van der Waals surface area contributed by atoms with Gasteiger partial charge in [0.25, 0.3) is 16.1 Å². The van der Waals surface area contributed by atoms with Crippen LogP contribution in [0.5, 0.6) is 0 Å². The van der Waals surface area contributed by atoms with Crippen LogP contribution in [0, 0.1) is 0 Å². The number of ether oxygens (including phenoxy) is 1. The van der Waals surface area contributed by atoms with Crippen LogP contribution in [0.4, 0.5) is 5.69 Å². The number of nitrogens with zero attached hydrogens (tertiary/aromatic N) is 2. The lowest BCUT2D eigenvalue weighted by Gasteiger charge is -2.25. The van der Waals surface area contributed by atoms with Gasteiger partial charge in [-0.05, 0) is 37.0 Å². The maximum atomic E-state index is 13.1. The second kappa shape index (κ2) is 14.5. The molecule has 0 saturated heterocycles. The maximum Gasteiger partial charge on any atom is 0.324 e. The number of benzene rings is 1. The lowest BCUT2D eigenvalue weighted by Crippen LogP contribution is -2.50. The van der Waals surface area contributed by atoms with Gasteiger partial charge in [-0.25, -0.2) is 0 Å². The summed E-state index contributed by atoms with van der Waals surface area (Å²) >= 11 is 12.1. The van der Waals surface area contributed by atoms with Crippen molar-refractivity contribution >= 4 is 51.0 Å². The number of unbranched alkanes of at least 4 members (excludes halogenated alkanes) is 2. The molecular weight excluding hydrogens is 527 g/mol. The van der Waals surface area contributed by atoms with E-state index in [4.69, 9.17) is 27.9 Å². The van der Waals surface area contributed by atoms with Crippen molar-refractivity contribution in [2.45, 2.75) is 52.0 Å². The topological polar surface area (TPSA) is 118 Å². The van der Waals surface area contributed by atoms with E-state index in [1.165, 1.54) is 23.8 Å². The molecule has 0 aliphatic rings. The molecular formula is C24H32Cl2N4O5S. The quantitative estimate of drug-likeness (QED) is 0.330. The van der Waals surface area contributed by atoms with Crippen LogP contribution in [0.15, 0.2) is 36.7 Å². The normalized spacial score (nSPS) is 12.4. The Balaban J connectivity index is 2.14. The highest BCUT2D eigenvalue weighted by atomic mass is 35.5. The summed E-state index contributed by atoms with van der Waals surface area (Å²) in [5.74, 6) is -1.19. The average molecular weight is 560 g/mol. The molecule has 1 heterocycles. The highest BCUT2D eigenvalue weighted by Gasteiger charge is 2.29. The molecule has 0 fully saturated rings. The minimum Gasteiger partial charge on any atom is -0.468 e. The summed E-state index contributed by atoms with van der Waals surface area (Å²) < 4.78 is 34.9. The highest BCUT2D eigenvalue weighted by molar-refractivity contribution is 7.87. The van der Waals surface area contributed by atoms with Gasteiger partial charge in [0, 0.05) is 31.2 Å². The number of pyridine rings is 1. The number of esters is 1. The Morgan fingerprint density at radius 3 is 2.08 bits per heavy atom. The Morgan fingerprint density at radius 2 is 1.58 bits per heavy atom. The van der Waals surface area contributed by atoms with Crippen molar-refractivity contribution < 1.29 is 22.7 Å². The Morgan fingerprint density at radius 1 is 1.03 bits per heavy atom. The molecule has 1 amide bonds. The molecule has 198 valence electrons. The average Bonchev–Trinajstić information content (AvgIpc) is 2.84. The Bertz CT molecular complexity index is 1100. The van der Waals surface area contributed by atoms with Crippen molar-refractivity contribution in [2.75, 3.05) is 25.5 Å². The first-order valence-electron chi connectivity index (χ1n) is 11.7. The van der Waals surface area contributed by atoms with E-state index in [1.54, 1.807) is 24.3 Å². The summed E-state index contributed by atoms with van der Waals surface area (Å²) in [6.07, 6.45) is 5.85. The van der Waals surface area contributed by atoms with Gasteiger partial charge in [0.2, 0.25) is 0 Å². The zero-order chi connectivity index (χ0) is 26.7. The third kappa shape index (κ3) is 8.70. The number of amides is 1. The van der Waals surface area contributed by atoms with E-state index < -0.39 is 28.1 Å². The van der Waals surface area contributed by atoms with E-state index in [9.17, 15) is 18.0 Å². The lowest BCUT2D eigenvalue weighted by atomic mass is 10.1. The fourth-order valence-corrected chi connectivity index (χ4v) is 5.34. The molecule has 1 unspecified atom stereocenters. The fraction of sp³-hybridized carbons (Fsp3) is 0.458. The minimum absolute atomic E-state index is 0.0670. The summed E-state index contributed by atoms with van der Waals surface area (Å²) in [6, 6.07) is 5.52. The van der Waals surface area contributed by atoms with Gasteiger partial charge in [-0.2, -0.15) is 17.4 Å². The van der Waals surface area contributed by atoms with Gasteiger partial charge in [-0.3, -0.25) is 14.6 Å². The number of rotatable bonds is 14. The zero-order valence-electron chi connectivity index (χ0n) is 20.6. The van der Waals surface area contributed by atoms with Crippen molar-refractivity contribution in [3.8, 4) is 0 Å². The molecule has 0 saturated carbocycles. The Labute approximate surface area is 222 Å². The summed E-state index contributed by atoms with van der Waals surface area (Å²) in [5, 5.41) is 2.95. The molecule has 1 aromatic carbocycles. The van der Waals surface area contributed by atoms with Gasteiger partial charge in [-0.1, -0.05) is 62.0 Å². The number of hydrogen-bond acceptors (Lipinski definition) is 6. The van der Waals surface area contributed by atoms with Gasteiger partial charge < -0.3 is 10.1 Å². The highest BCUT2D eigenvalue weighted by Crippen LogP contribution is 2.24. The van der Waals surface area contributed by atoms with Gasteiger partial charge in [0.15, 0.2) is 0 Å². The smallest absolute Gasteiger partial charge is 0.324 e. The molecule has 1 aromatic heterocycles. The van der Waals surface area contributed by atoms with Gasteiger partial charge >= 0.3 is 5.97 Å². The van der Waals surface area contributed by atoms with Crippen LogP contribution in [0.3, 0.4) is 0 Å².